The number of nitrogens with one attached hydrogen (secondary N) is 2. The second-order valence-electron chi connectivity index (χ2n) is 7.49. The first-order chi connectivity index (χ1) is 15.7. The van der Waals surface area contributed by atoms with Crippen molar-refractivity contribution < 1.29 is 22.3 Å². The van der Waals surface area contributed by atoms with Gasteiger partial charge in [0.2, 0.25) is 0 Å². The number of oxazole rings is 1. The Bertz CT molecular complexity index is 1290. The molecule has 2 aromatic carbocycles. The Morgan fingerprint density at radius 2 is 2.00 bits per heavy atom. The molecule has 0 bridgehead atoms. The molecule has 4 aromatic rings. The molecular weight excluding hydrogens is 457 g/mol. The average molecular weight is 478 g/mol. The summed E-state index contributed by atoms with van der Waals surface area (Å²) in [5.74, 6) is -0.520. The molecule has 2 heterocycles. The summed E-state index contributed by atoms with van der Waals surface area (Å²) >= 11 is 1.41. The zero-order chi connectivity index (χ0) is 23.6. The maximum atomic E-state index is 12.7. The molecule has 4 N–H and O–H groups in total. The van der Waals surface area contributed by atoms with E-state index in [-0.39, 0.29) is 6.04 Å². The number of alkyl halides is 3. The Kier molecular flexibility index (Phi) is 6.54. The highest BCUT2D eigenvalue weighted by Gasteiger charge is 2.30. The molecule has 1 atom stereocenters. The van der Waals surface area contributed by atoms with Gasteiger partial charge in [-0.3, -0.25) is 4.98 Å². The summed E-state index contributed by atoms with van der Waals surface area (Å²) in [6, 6.07) is 10.1. The van der Waals surface area contributed by atoms with Gasteiger partial charge in [-0.1, -0.05) is 29.5 Å². The Labute approximate surface area is 190 Å². The zero-order valence-electron chi connectivity index (χ0n) is 17.5. The summed E-state index contributed by atoms with van der Waals surface area (Å²) in [4.78, 5) is 19.5. The van der Waals surface area contributed by atoms with Crippen LogP contribution in [-0.2, 0) is 23.9 Å². The number of aromatic amines is 1. The van der Waals surface area contributed by atoms with E-state index in [4.69, 9.17) is 14.9 Å². The van der Waals surface area contributed by atoms with E-state index in [1.54, 1.807) is 19.2 Å². The maximum absolute atomic E-state index is 12.7. The molecule has 0 saturated heterocycles. The quantitative estimate of drug-likeness (QED) is 0.347. The minimum atomic E-state index is -4.36. The van der Waals surface area contributed by atoms with E-state index in [0.29, 0.717) is 35.8 Å². The molecule has 4 rings (SSSR count). The van der Waals surface area contributed by atoms with Gasteiger partial charge in [-0.2, -0.15) is 13.2 Å². The minimum Gasteiger partial charge on any atom is -0.408 e. The molecule has 0 spiro atoms. The number of halogens is 3. The number of hydrogen-bond donors (Lipinski definition) is 3. The SMILES string of the molecule is COCc1nc(NC[C@@H](N)Cc2ccc(C(F)(F)F)cc2)sc1-c1ccc2[nH]c(=O)oc2c1. The highest BCUT2D eigenvalue weighted by molar-refractivity contribution is 7.19. The van der Waals surface area contributed by atoms with Gasteiger partial charge in [0.1, 0.15) is 0 Å². The van der Waals surface area contributed by atoms with Gasteiger partial charge in [0.25, 0.3) is 0 Å². The van der Waals surface area contributed by atoms with Crippen LogP contribution < -0.4 is 16.8 Å². The van der Waals surface area contributed by atoms with E-state index in [1.807, 2.05) is 6.07 Å². The van der Waals surface area contributed by atoms with E-state index in [9.17, 15) is 18.0 Å². The number of aromatic nitrogens is 2. The van der Waals surface area contributed by atoms with Crippen LogP contribution in [0, 0.1) is 0 Å². The van der Waals surface area contributed by atoms with Gasteiger partial charge in [-0.05, 0) is 41.8 Å². The van der Waals surface area contributed by atoms with Crippen LogP contribution in [0.3, 0.4) is 0 Å². The summed E-state index contributed by atoms with van der Waals surface area (Å²) < 4.78 is 48.5. The summed E-state index contributed by atoms with van der Waals surface area (Å²) in [6.07, 6.45) is -3.95. The van der Waals surface area contributed by atoms with Crippen LogP contribution in [0.15, 0.2) is 51.7 Å². The number of H-pyrrole nitrogens is 1. The maximum Gasteiger partial charge on any atom is 0.417 e. The van der Waals surface area contributed by atoms with Crippen LogP contribution in [0.2, 0.25) is 0 Å². The lowest BCUT2D eigenvalue weighted by molar-refractivity contribution is -0.137. The first kappa shape index (κ1) is 23.0. The lowest BCUT2D eigenvalue weighted by atomic mass is 10.0. The molecule has 7 nitrogen and oxygen atoms in total. The number of hydrogen-bond acceptors (Lipinski definition) is 7. The fraction of sp³-hybridized carbons (Fsp3) is 0.273. The lowest BCUT2D eigenvalue weighted by Gasteiger charge is -2.13. The fourth-order valence-corrected chi connectivity index (χ4v) is 4.37. The number of nitrogens with two attached hydrogens (primary N) is 1. The van der Waals surface area contributed by atoms with Gasteiger partial charge in [-0.15, -0.1) is 0 Å². The third-order valence-corrected chi connectivity index (χ3v) is 6.06. The predicted octanol–water partition coefficient (Wildman–Crippen LogP) is 4.39. The highest BCUT2D eigenvalue weighted by atomic mass is 32.1. The molecule has 0 amide bonds. The number of benzene rings is 2. The molecule has 2 aromatic heterocycles. The van der Waals surface area contributed by atoms with Crippen molar-refractivity contribution in [2.24, 2.45) is 5.73 Å². The van der Waals surface area contributed by atoms with Crippen LogP contribution in [0.25, 0.3) is 21.5 Å². The van der Waals surface area contributed by atoms with Gasteiger partial charge in [0.05, 0.1) is 28.3 Å². The third-order valence-electron chi connectivity index (χ3n) is 4.96. The number of methoxy groups -OCH3 is 1. The van der Waals surface area contributed by atoms with E-state index in [1.165, 1.54) is 23.5 Å². The Hall–Kier alpha value is -3.15. The Balaban J connectivity index is 1.45. The van der Waals surface area contributed by atoms with Gasteiger partial charge in [-0.25, -0.2) is 9.78 Å². The Morgan fingerprint density at radius 3 is 2.70 bits per heavy atom. The smallest absolute Gasteiger partial charge is 0.408 e. The fourth-order valence-electron chi connectivity index (χ4n) is 3.40. The van der Waals surface area contributed by atoms with E-state index in [0.717, 1.165) is 33.8 Å². The van der Waals surface area contributed by atoms with Crippen molar-refractivity contribution in [3.8, 4) is 10.4 Å². The highest BCUT2D eigenvalue weighted by Crippen LogP contribution is 2.35. The summed E-state index contributed by atoms with van der Waals surface area (Å²) in [6.45, 7) is 0.673. The Morgan fingerprint density at radius 1 is 1.24 bits per heavy atom. The summed E-state index contributed by atoms with van der Waals surface area (Å²) in [5, 5.41) is 3.83. The first-order valence-electron chi connectivity index (χ1n) is 10.0. The van der Waals surface area contributed by atoms with Crippen molar-refractivity contribution in [2.45, 2.75) is 25.2 Å². The van der Waals surface area contributed by atoms with Gasteiger partial charge < -0.3 is 20.2 Å². The number of anilines is 1. The average Bonchev–Trinajstić information content (AvgIpc) is 3.34. The standard InChI is InChI=1S/C22H21F3N4O3S/c1-31-11-17-19(13-4-7-16-18(9-13)32-21(30)29-16)33-20(28-17)27-10-15(26)8-12-2-5-14(6-3-12)22(23,24)25/h2-7,9,15H,8,10-11,26H2,1H3,(H,27,28)(H,29,30)/t15-/m0/s1. The summed E-state index contributed by atoms with van der Waals surface area (Å²) in [7, 11) is 1.57. The van der Waals surface area contributed by atoms with Crippen LogP contribution in [0.4, 0.5) is 18.3 Å². The van der Waals surface area contributed by atoms with Crippen LogP contribution >= 0.6 is 11.3 Å². The number of nitrogens with zero attached hydrogens (tertiary/aromatic N) is 1. The van der Waals surface area contributed by atoms with Crippen molar-refractivity contribution in [2.75, 3.05) is 19.0 Å². The molecule has 0 aliphatic rings. The molecule has 0 unspecified atom stereocenters. The molecule has 0 radical (unpaired) electrons. The summed E-state index contributed by atoms with van der Waals surface area (Å²) in [5.41, 5.74) is 8.82. The molecule has 0 saturated carbocycles. The number of rotatable bonds is 8. The van der Waals surface area contributed by atoms with Crippen LogP contribution in [0.1, 0.15) is 16.8 Å². The third kappa shape index (κ3) is 5.44. The number of thiazole rings is 1. The van der Waals surface area contributed by atoms with E-state index < -0.39 is 17.5 Å². The normalized spacial score (nSPS) is 12.9. The molecule has 0 aliphatic carbocycles. The molecule has 174 valence electrons. The molecule has 33 heavy (non-hydrogen) atoms. The predicted molar refractivity (Wildman–Crippen MR) is 120 cm³/mol. The van der Waals surface area contributed by atoms with Crippen LogP contribution in [0.5, 0.6) is 0 Å². The lowest BCUT2D eigenvalue weighted by Crippen LogP contribution is -2.31. The van der Waals surface area contributed by atoms with Gasteiger partial charge in [0.15, 0.2) is 10.7 Å². The molecule has 11 heteroatoms. The van der Waals surface area contributed by atoms with Crippen molar-refractivity contribution in [1.82, 2.24) is 9.97 Å². The topological polar surface area (TPSA) is 106 Å². The monoisotopic (exact) mass is 478 g/mol. The second-order valence-corrected chi connectivity index (χ2v) is 8.49. The van der Waals surface area contributed by atoms with Gasteiger partial charge >= 0.3 is 11.9 Å². The van der Waals surface area contributed by atoms with Crippen molar-refractivity contribution >= 4 is 27.6 Å². The van der Waals surface area contributed by atoms with Crippen molar-refractivity contribution in [1.29, 1.82) is 0 Å². The first-order valence-corrected chi connectivity index (χ1v) is 10.8. The molecular formula is C22H21F3N4O3S. The largest absolute Gasteiger partial charge is 0.417 e. The minimum absolute atomic E-state index is 0.292. The molecule has 0 aliphatic heterocycles. The zero-order valence-corrected chi connectivity index (χ0v) is 18.3. The second kappa shape index (κ2) is 9.38. The molecule has 0 fully saturated rings. The van der Waals surface area contributed by atoms with Gasteiger partial charge in [0, 0.05) is 19.7 Å². The van der Waals surface area contributed by atoms with Crippen molar-refractivity contribution in [3.05, 3.63) is 69.8 Å². The number of fused-ring (bicyclic) bond motifs is 1. The van der Waals surface area contributed by atoms with Crippen molar-refractivity contribution in [3.63, 3.8) is 0 Å². The van der Waals surface area contributed by atoms with E-state index in [2.05, 4.69) is 15.3 Å². The van der Waals surface area contributed by atoms with E-state index >= 15 is 0 Å². The number of ether oxygens (including phenoxy) is 1. The van der Waals surface area contributed by atoms with Crippen LogP contribution in [-0.4, -0.2) is 29.7 Å².